The van der Waals surface area contributed by atoms with Gasteiger partial charge in [0, 0.05) is 42.4 Å². The second kappa shape index (κ2) is 7.70. The Morgan fingerprint density at radius 3 is 2.39 bits per heavy atom. The minimum absolute atomic E-state index is 0.185. The first-order valence-electron chi connectivity index (χ1n) is 8.75. The van der Waals surface area contributed by atoms with Crippen molar-refractivity contribution in [2.45, 2.75) is 6.04 Å². The Kier molecular flexibility index (Phi) is 4.95. The van der Waals surface area contributed by atoms with Gasteiger partial charge in [-0.25, -0.2) is 9.67 Å². The molecule has 4 aromatic rings. The maximum atomic E-state index is 12.9. The van der Waals surface area contributed by atoms with Crippen molar-refractivity contribution in [3.05, 3.63) is 101 Å². The Balaban J connectivity index is 1.60. The van der Waals surface area contributed by atoms with Crippen LogP contribution < -0.4 is 5.32 Å². The number of aryl methyl sites for hydroxylation is 1. The van der Waals surface area contributed by atoms with E-state index < -0.39 is 6.04 Å². The zero-order chi connectivity index (χ0) is 19.5. The van der Waals surface area contributed by atoms with Gasteiger partial charge in [0.05, 0.1) is 5.69 Å². The molecule has 0 radical (unpaired) electrons. The van der Waals surface area contributed by atoms with E-state index in [1.54, 1.807) is 41.3 Å². The molecule has 1 amide bonds. The van der Waals surface area contributed by atoms with Crippen LogP contribution in [-0.2, 0) is 7.05 Å². The third-order valence-electron chi connectivity index (χ3n) is 4.49. The van der Waals surface area contributed by atoms with E-state index in [1.807, 2.05) is 54.3 Å². The predicted octanol–water partition coefficient (Wildman–Crippen LogP) is 3.78. The first kappa shape index (κ1) is 18.0. The smallest absolute Gasteiger partial charge is 0.252 e. The monoisotopic (exact) mass is 391 g/mol. The Morgan fingerprint density at radius 2 is 1.79 bits per heavy atom. The number of aromatic nitrogens is 4. The minimum atomic E-state index is -0.393. The highest BCUT2D eigenvalue weighted by atomic mass is 35.5. The third kappa shape index (κ3) is 3.68. The topological polar surface area (TPSA) is 64.7 Å². The zero-order valence-electron chi connectivity index (χ0n) is 15.2. The molecule has 1 N–H and O–H groups in total. The Bertz CT molecular complexity index is 1070. The number of amides is 1. The highest BCUT2D eigenvalue weighted by Gasteiger charge is 2.21. The number of imidazole rings is 1. The zero-order valence-corrected chi connectivity index (χ0v) is 15.9. The fourth-order valence-electron chi connectivity index (χ4n) is 3.01. The van der Waals surface area contributed by atoms with Gasteiger partial charge in [-0.1, -0.05) is 23.7 Å². The summed E-state index contributed by atoms with van der Waals surface area (Å²) in [4.78, 5) is 17.3. The average molecular weight is 392 g/mol. The van der Waals surface area contributed by atoms with Crippen molar-refractivity contribution >= 4 is 17.5 Å². The summed E-state index contributed by atoms with van der Waals surface area (Å²) < 4.78 is 3.63. The molecule has 0 aliphatic carbocycles. The van der Waals surface area contributed by atoms with Crippen LogP contribution in [0.3, 0.4) is 0 Å². The fourth-order valence-corrected chi connectivity index (χ4v) is 3.13. The lowest BCUT2D eigenvalue weighted by molar-refractivity contribution is 0.0941. The maximum Gasteiger partial charge on any atom is 0.252 e. The minimum Gasteiger partial charge on any atom is -0.338 e. The molecule has 4 rings (SSSR count). The summed E-state index contributed by atoms with van der Waals surface area (Å²) in [5, 5.41) is 7.91. The van der Waals surface area contributed by atoms with Gasteiger partial charge < -0.3 is 9.88 Å². The van der Waals surface area contributed by atoms with Gasteiger partial charge in [-0.2, -0.15) is 5.10 Å². The normalized spacial score (nSPS) is 11.9. The number of hydrogen-bond acceptors (Lipinski definition) is 3. The van der Waals surface area contributed by atoms with Gasteiger partial charge in [0.15, 0.2) is 0 Å². The van der Waals surface area contributed by atoms with Crippen molar-refractivity contribution in [3.63, 3.8) is 0 Å². The Hall–Kier alpha value is -3.38. The van der Waals surface area contributed by atoms with Crippen molar-refractivity contribution < 1.29 is 4.79 Å². The molecule has 28 heavy (non-hydrogen) atoms. The summed E-state index contributed by atoms with van der Waals surface area (Å²) in [7, 11) is 1.90. The lowest BCUT2D eigenvalue weighted by Gasteiger charge is -2.19. The molecule has 0 spiro atoms. The van der Waals surface area contributed by atoms with E-state index in [9.17, 15) is 4.79 Å². The van der Waals surface area contributed by atoms with Crippen LogP contribution in [0.4, 0.5) is 0 Å². The van der Waals surface area contributed by atoms with Crippen LogP contribution in [0.2, 0.25) is 5.02 Å². The molecule has 0 saturated carbocycles. The number of halogens is 1. The first-order chi connectivity index (χ1) is 13.6. The molecular weight excluding hydrogens is 374 g/mol. The van der Waals surface area contributed by atoms with Gasteiger partial charge in [-0.15, -0.1) is 0 Å². The number of carbonyl (C=O) groups excluding carboxylic acids is 1. The van der Waals surface area contributed by atoms with E-state index in [0.29, 0.717) is 10.6 Å². The van der Waals surface area contributed by atoms with Crippen molar-refractivity contribution in [3.8, 4) is 5.69 Å². The summed E-state index contributed by atoms with van der Waals surface area (Å²) in [5.41, 5.74) is 2.35. The molecule has 0 saturated heterocycles. The standard InChI is InChI=1S/C21H18ClN5O/c1-26-14-12-23-20(26)19(15-3-7-17(22)8-4-15)25-21(28)16-5-9-18(10-6-16)27-13-2-11-24-27/h2-14,19H,1H3,(H,25,28). The highest BCUT2D eigenvalue weighted by Crippen LogP contribution is 2.23. The molecule has 140 valence electrons. The predicted molar refractivity (Wildman–Crippen MR) is 108 cm³/mol. The average Bonchev–Trinajstić information content (AvgIpc) is 3.39. The molecule has 0 aliphatic heterocycles. The largest absolute Gasteiger partial charge is 0.338 e. The van der Waals surface area contributed by atoms with E-state index >= 15 is 0 Å². The molecule has 2 aromatic carbocycles. The van der Waals surface area contributed by atoms with Crippen LogP contribution in [0.15, 0.2) is 79.4 Å². The SMILES string of the molecule is Cn1ccnc1C(NC(=O)c1ccc(-n2cccn2)cc1)c1ccc(Cl)cc1. The van der Waals surface area contributed by atoms with Crippen LogP contribution in [0.25, 0.3) is 5.69 Å². The van der Waals surface area contributed by atoms with Crippen LogP contribution in [0.1, 0.15) is 27.8 Å². The summed E-state index contributed by atoms with van der Waals surface area (Å²) in [6.45, 7) is 0. The maximum absolute atomic E-state index is 12.9. The van der Waals surface area contributed by atoms with Crippen molar-refractivity contribution in [1.29, 1.82) is 0 Å². The van der Waals surface area contributed by atoms with Crippen LogP contribution in [-0.4, -0.2) is 25.2 Å². The van der Waals surface area contributed by atoms with Gasteiger partial charge in [-0.05, 0) is 48.0 Å². The van der Waals surface area contributed by atoms with Crippen molar-refractivity contribution in [2.24, 2.45) is 7.05 Å². The molecule has 6 nitrogen and oxygen atoms in total. The summed E-state index contributed by atoms with van der Waals surface area (Å²) in [5.74, 6) is 0.554. The lowest BCUT2D eigenvalue weighted by atomic mass is 10.1. The molecule has 7 heteroatoms. The molecule has 2 aromatic heterocycles. The second-order valence-corrected chi connectivity index (χ2v) is 6.79. The van der Waals surface area contributed by atoms with Crippen molar-refractivity contribution in [1.82, 2.24) is 24.6 Å². The summed E-state index contributed by atoms with van der Waals surface area (Å²) in [6.07, 6.45) is 7.13. The van der Waals surface area contributed by atoms with E-state index in [2.05, 4.69) is 15.4 Å². The second-order valence-electron chi connectivity index (χ2n) is 6.35. The first-order valence-corrected chi connectivity index (χ1v) is 9.13. The van der Waals surface area contributed by atoms with E-state index in [-0.39, 0.29) is 5.91 Å². The highest BCUT2D eigenvalue weighted by molar-refractivity contribution is 6.30. The van der Waals surface area contributed by atoms with Crippen LogP contribution in [0, 0.1) is 0 Å². The number of nitrogens with one attached hydrogen (secondary N) is 1. The van der Waals surface area contributed by atoms with Gasteiger partial charge >= 0.3 is 0 Å². The number of nitrogens with zero attached hydrogens (tertiary/aromatic N) is 4. The van der Waals surface area contributed by atoms with E-state index in [1.165, 1.54) is 0 Å². The van der Waals surface area contributed by atoms with Gasteiger partial charge in [0.2, 0.25) is 0 Å². The van der Waals surface area contributed by atoms with Crippen LogP contribution >= 0.6 is 11.6 Å². The molecule has 0 fully saturated rings. The Morgan fingerprint density at radius 1 is 1.04 bits per heavy atom. The van der Waals surface area contributed by atoms with Gasteiger partial charge in [0.25, 0.3) is 5.91 Å². The summed E-state index contributed by atoms with van der Waals surface area (Å²) >= 11 is 6.02. The van der Waals surface area contributed by atoms with E-state index in [4.69, 9.17) is 11.6 Å². The lowest BCUT2D eigenvalue weighted by Crippen LogP contribution is -2.31. The molecule has 0 bridgehead atoms. The fraction of sp³-hybridized carbons (Fsp3) is 0.0952. The van der Waals surface area contributed by atoms with E-state index in [0.717, 1.165) is 17.1 Å². The number of hydrogen-bond donors (Lipinski definition) is 1. The third-order valence-corrected chi connectivity index (χ3v) is 4.75. The Labute approximate surface area is 167 Å². The van der Waals surface area contributed by atoms with Crippen molar-refractivity contribution in [2.75, 3.05) is 0 Å². The van der Waals surface area contributed by atoms with Gasteiger partial charge in [0.1, 0.15) is 11.9 Å². The van der Waals surface area contributed by atoms with Gasteiger partial charge in [-0.3, -0.25) is 4.79 Å². The molecule has 0 aliphatic rings. The molecule has 1 unspecified atom stereocenters. The molecular formula is C21H18ClN5O. The van der Waals surface area contributed by atoms with Crippen LogP contribution in [0.5, 0.6) is 0 Å². The number of benzene rings is 2. The number of rotatable bonds is 5. The molecule has 1 atom stereocenters. The molecule has 2 heterocycles. The quantitative estimate of drug-likeness (QED) is 0.563. The number of carbonyl (C=O) groups is 1. The summed E-state index contributed by atoms with van der Waals surface area (Å²) in [6, 6.07) is 16.1.